The van der Waals surface area contributed by atoms with Gasteiger partial charge in [-0.25, -0.2) is 0 Å². The smallest absolute Gasteiger partial charge is 0.245 e. The molecular formula is C13H14Cl3N3OS. The van der Waals surface area contributed by atoms with Crippen molar-refractivity contribution in [2.45, 2.75) is 16.9 Å². The maximum atomic E-state index is 11.4. The highest BCUT2D eigenvalue weighted by Gasteiger charge is 2.34. The van der Waals surface area contributed by atoms with E-state index in [9.17, 15) is 4.79 Å². The number of benzene rings is 1. The van der Waals surface area contributed by atoms with Crippen molar-refractivity contribution in [3.63, 3.8) is 0 Å². The number of hydrogen-bond donors (Lipinski definition) is 3. The Bertz CT molecular complexity index is 546. The largest absolute Gasteiger partial charge is 0.339 e. The lowest BCUT2D eigenvalue weighted by Crippen LogP contribution is -2.55. The average molecular weight is 367 g/mol. The molecule has 0 spiro atoms. The van der Waals surface area contributed by atoms with E-state index in [4.69, 9.17) is 47.0 Å². The van der Waals surface area contributed by atoms with Crippen molar-refractivity contribution >= 4 is 63.7 Å². The van der Waals surface area contributed by atoms with Gasteiger partial charge in [-0.15, -0.1) is 0 Å². The molecule has 8 heteroatoms. The molecule has 1 amide bonds. The Morgan fingerprint density at radius 2 is 1.95 bits per heavy atom. The Hall–Kier alpha value is -1.01. The van der Waals surface area contributed by atoms with Crippen LogP contribution in [0.5, 0.6) is 0 Å². The van der Waals surface area contributed by atoms with Gasteiger partial charge in [0.05, 0.1) is 0 Å². The molecule has 0 unspecified atom stereocenters. The summed E-state index contributed by atoms with van der Waals surface area (Å²) in [6.45, 7) is 5.26. The SMILES string of the molecule is C=CC(=O)N[C@@H](NC(=S)Nc1ccccc1C)C(Cl)(Cl)Cl. The van der Waals surface area contributed by atoms with Crippen LogP contribution in [0.1, 0.15) is 5.56 Å². The minimum atomic E-state index is -1.78. The Kier molecular flexibility index (Phi) is 6.74. The van der Waals surface area contributed by atoms with Crippen LogP contribution in [-0.4, -0.2) is 21.0 Å². The van der Waals surface area contributed by atoms with E-state index in [2.05, 4.69) is 22.5 Å². The van der Waals surface area contributed by atoms with Gasteiger partial charge in [-0.3, -0.25) is 4.79 Å². The van der Waals surface area contributed by atoms with Gasteiger partial charge in [0.2, 0.25) is 9.70 Å². The molecule has 0 aromatic heterocycles. The lowest BCUT2D eigenvalue weighted by atomic mass is 10.2. The molecule has 1 atom stereocenters. The second kappa shape index (κ2) is 7.84. The number of aryl methyl sites for hydroxylation is 1. The van der Waals surface area contributed by atoms with Crippen LogP contribution in [0.25, 0.3) is 0 Å². The van der Waals surface area contributed by atoms with Crippen LogP contribution in [-0.2, 0) is 4.79 Å². The third-order valence-corrected chi connectivity index (χ3v) is 3.34. The fourth-order valence-electron chi connectivity index (χ4n) is 1.40. The maximum Gasteiger partial charge on any atom is 0.245 e. The van der Waals surface area contributed by atoms with E-state index in [0.717, 1.165) is 17.3 Å². The van der Waals surface area contributed by atoms with Crippen LogP contribution in [0.15, 0.2) is 36.9 Å². The zero-order valence-corrected chi connectivity index (χ0v) is 14.2. The molecule has 3 N–H and O–H groups in total. The van der Waals surface area contributed by atoms with Gasteiger partial charge in [0.1, 0.15) is 6.17 Å². The minimum Gasteiger partial charge on any atom is -0.339 e. The number of para-hydroxylation sites is 1. The first-order valence-electron chi connectivity index (χ1n) is 5.87. The molecule has 21 heavy (non-hydrogen) atoms. The number of alkyl halides is 3. The van der Waals surface area contributed by atoms with E-state index in [-0.39, 0.29) is 5.11 Å². The zero-order chi connectivity index (χ0) is 16.0. The summed E-state index contributed by atoms with van der Waals surface area (Å²) in [5.74, 6) is -0.488. The Balaban J connectivity index is 2.75. The van der Waals surface area contributed by atoms with E-state index >= 15 is 0 Å². The van der Waals surface area contributed by atoms with Gasteiger partial charge < -0.3 is 16.0 Å². The van der Waals surface area contributed by atoms with E-state index < -0.39 is 15.9 Å². The molecule has 0 radical (unpaired) electrons. The lowest BCUT2D eigenvalue weighted by Gasteiger charge is -2.27. The maximum absolute atomic E-state index is 11.4. The first-order valence-corrected chi connectivity index (χ1v) is 7.41. The number of nitrogens with one attached hydrogen (secondary N) is 3. The predicted octanol–water partition coefficient (Wildman–Crippen LogP) is 3.28. The van der Waals surface area contributed by atoms with Crippen LogP contribution in [0.3, 0.4) is 0 Å². The second-order valence-electron chi connectivity index (χ2n) is 4.10. The highest BCUT2D eigenvalue weighted by Crippen LogP contribution is 2.29. The zero-order valence-electron chi connectivity index (χ0n) is 11.1. The third-order valence-electron chi connectivity index (χ3n) is 2.47. The van der Waals surface area contributed by atoms with Crippen LogP contribution in [0.4, 0.5) is 5.69 Å². The molecule has 0 fully saturated rings. The first-order chi connectivity index (χ1) is 9.74. The molecule has 1 aromatic rings. The molecule has 0 saturated heterocycles. The number of rotatable bonds is 4. The van der Waals surface area contributed by atoms with Gasteiger partial charge in [0.25, 0.3) is 0 Å². The van der Waals surface area contributed by atoms with E-state index in [1.54, 1.807) is 0 Å². The van der Waals surface area contributed by atoms with Crippen molar-refractivity contribution in [2.24, 2.45) is 0 Å². The topological polar surface area (TPSA) is 53.2 Å². The van der Waals surface area contributed by atoms with Crippen LogP contribution in [0, 0.1) is 6.92 Å². The molecule has 1 rings (SSSR count). The summed E-state index contributed by atoms with van der Waals surface area (Å²) in [5.41, 5.74) is 1.82. The number of hydrogen-bond acceptors (Lipinski definition) is 2. The number of carbonyl (C=O) groups is 1. The van der Waals surface area contributed by atoms with Crippen molar-refractivity contribution < 1.29 is 4.79 Å². The van der Waals surface area contributed by atoms with Crippen LogP contribution >= 0.6 is 47.0 Å². The van der Waals surface area contributed by atoms with Gasteiger partial charge in [-0.05, 0) is 36.8 Å². The molecule has 0 aliphatic carbocycles. The number of thiocarbonyl (C=S) groups is 1. The fourth-order valence-corrected chi connectivity index (χ4v) is 1.96. The van der Waals surface area contributed by atoms with Gasteiger partial charge in [0, 0.05) is 5.69 Å². The molecule has 4 nitrogen and oxygen atoms in total. The highest BCUT2D eigenvalue weighted by molar-refractivity contribution is 7.80. The van der Waals surface area contributed by atoms with Crippen LogP contribution in [0.2, 0.25) is 0 Å². The molecule has 1 aromatic carbocycles. The molecule has 114 valence electrons. The van der Waals surface area contributed by atoms with Crippen molar-refractivity contribution in [1.82, 2.24) is 10.6 Å². The molecule has 0 aliphatic rings. The summed E-state index contributed by atoms with van der Waals surface area (Å²) in [6.07, 6.45) is 0.0696. The predicted molar refractivity (Wildman–Crippen MR) is 93.0 cm³/mol. The number of carbonyl (C=O) groups excluding carboxylic acids is 1. The summed E-state index contributed by atoms with van der Waals surface area (Å²) < 4.78 is -1.78. The number of anilines is 1. The Labute approximate surface area is 143 Å². The number of halogens is 3. The van der Waals surface area contributed by atoms with Crippen molar-refractivity contribution in [3.8, 4) is 0 Å². The normalized spacial score (nSPS) is 12.2. The summed E-state index contributed by atoms with van der Waals surface area (Å²) in [6, 6.07) is 7.56. The van der Waals surface area contributed by atoms with Gasteiger partial charge >= 0.3 is 0 Å². The van der Waals surface area contributed by atoms with Gasteiger partial charge in [-0.1, -0.05) is 59.6 Å². The van der Waals surface area contributed by atoms with Crippen LogP contribution < -0.4 is 16.0 Å². The Morgan fingerprint density at radius 3 is 2.48 bits per heavy atom. The summed E-state index contributed by atoms with van der Waals surface area (Å²) in [4.78, 5) is 11.4. The average Bonchev–Trinajstić information content (AvgIpc) is 2.39. The van der Waals surface area contributed by atoms with E-state index in [0.29, 0.717) is 0 Å². The molecule has 0 heterocycles. The standard InChI is InChI=1S/C13H14Cl3N3OS/c1-3-10(20)18-11(13(14,15)16)19-12(21)17-9-7-5-4-6-8(9)2/h3-7,11H,1H2,2H3,(H,18,20)(H2,17,19,21)/t11-/m0/s1. The lowest BCUT2D eigenvalue weighted by molar-refractivity contribution is -0.117. The summed E-state index contributed by atoms with van der Waals surface area (Å²) in [7, 11) is 0. The van der Waals surface area contributed by atoms with Gasteiger partial charge in [-0.2, -0.15) is 0 Å². The van der Waals surface area contributed by atoms with E-state index in [1.165, 1.54) is 0 Å². The molecule has 0 aliphatic heterocycles. The van der Waals surface area contributed by atoms with Crippen molar-refractivity contribution in [1.29, 1.82) is 0 Å². The van der Waals surface area contributed by atoms with Crippen molar-refractivity contribution in [2.75, 3.05) is 5.32 Å². The van der Waals surface area contributed by atoms with Crippen molar-refractivity contribution in [3.05, 3.63) is 42.5 Å². The monoisotopic (exact) mass is 365 g/mol. The molecule has 0 bridgehead atoms. The summed E-state index contributed by atoms with van der Waals surface area (Å²) >= 11 is 22.6. The van der Waals surface area contributed by atoms with E-state index in [1.807, 2.05) is 31.2 Å². The minimum absolute atomic E-state index is 0.213. The molecular weight excluding hydrogens is 353 g/mol. The van der Waals surface area contributed by atoms with Gasteiger partial charge in [0.15, 0.2) is 5.11 Å². The second-order valence-corrected chi connectivity index (χ2v) is 6.88. The fraction of sp³-hybridized carbons (Fsp3) is 0.231. The highest BCUT2D eigenvalue weighted by atomic mass is 35.6. The molecule has 0 saturated carbocycles. The third kappa shape index (κ3) is 6.09. The summed E-state index contributed by atoms with van der Waals surface area (Å²) in [5, 5.41) is 8.37. The number of amides is 1. The quantitative estimate of drug-likeness (QED) is 0.331. The Morgan fingerprint density at radius 1 is 1.33 bits per heavy atom. The first kappa shape index (κ1) is 18.0.